The van der Waals surface area contributed by atoms with Gasteiger partial charge in [-0.2, -0.15) is 0 Å². The standard InChI is InChI=1S/C43H44O5/c1-25(2)43(44)48-42-32(9)22-38(23-33(42)10)47-41-28(5)18-36(19-29(41)6)35-16-26(3)40(27(4)17-35)46-37-20-30(7)39(31(8)21-37)45-24-34-14-12-11-13-15-34/h11-23H,1,24H2,2-10H3. The van der Waals surface area contributed by atoms with Crippen molar-refractivity contribution in [2.75, 3.05) is 0 Å². The van der Waals surface area contributed by atoms with Crippen molar-refractivity contribution < 1.29 is 23.7 Å². The van der Waals surface area contributed by atoms with Crippen molar-refractivity contribution in [2.24, 2.45) is 0 Å². The van der Waals surface area contributed by atoms with Gasteiger partial charge in [0.1, 0.15) is 41.1 Å². The van der Waals surface area contributed by atoms with Gasteiger partial charge in [0.05, 0.1) is 0 Å². The highest BCUT2D eigenvalue weighted by atomic mass is 16.5. The molecule has 0 aliphatic heterocycles. The second-order valence-electron chi connectivity index (χ2n) is 12.8. The molecule has 0 bridgehead atoms. The molecule has 0 aliphatic rings. The second-order valence-corrected chi connectivity index (χ2v) is 12.8. The third-order valence-corrected chi connectivity index (χ3v) is 8.33. The van der Waals surface area contributed by atoms with Crippen molar-refractivity contribution in [3.05, 3.63) is 141 Å². The van der Waals surface area contributed by atoms with Crippen LogP contribution in [-0.4, -0.2) is 5.97 Å². The molecule has 5 nitrogen and oxygen atoms in total. The first kappa shape index (κ1) is 34.1. The lowest BCUT2D eigenvalue weighted by Crippen LogP contribution is -2.10. The van der Waals surface area contributed by atoms with E-state index in [1.807, 2.05) is 56.3 Å². The Balaban J connectivity index is 1.34. The highest BCUT2D eigenvalue weighted by Gasteiger charge is 2.17. The fourth-order valence-corrected chi connectivity index (χ4v) is 6.03. The maximum absolute atomic E-state index is 12.1. The summed E-state index contributed by atoms with van der Waals surface area (Å²) >= 11 is 0. The van der Waals surface area contributed by atoms with Gasteiger partial charge in [-0.1, -0.05) is 36.9 Å². The van der Waals surface area contributed by atoms with Gasteiger partial charge in [0.25, 0.3) is 0 Å². The van der Waals surface area contributed by atoms with Crippen molar-refractivity contribution in [1.82, 2.24) is 0 Å². The molecule has 246 valence electrons. The van der Waals surface area contributed by atoms with Crippen LogP contribution in [-0.2, 0) is 11.4 Å². The van der Waals surface area contributed by atoms with Gasteiger partial charge in [-0.15, -0.1) is 0 Å². The van der Waals surface area contributed by atoms with E-state index in [4.69, 9.17) is 18.9 Å². The van der Waals surface area contributed by atoms with Gasteiger partial charge < -0.3 is 18.9 Å². The topological polar surface area (TPSA) is 54.0 Å². The van der Waals surface area contributed by atoms with Crippen molar-refractivity contribution in [3.8, 4) is 45.6 Å². The molecule has 0 heterocycles. The zero-order valence-corrected chi connectivity index (χ0v) is 29.5. The van der Waals surface area contributed by atoms with E-state index in [1.165, 1.54) is 0 Å². The van der Waals surface area contributed by atoms with Gasteiger partial charge in [-0.3, -0.25) is 0 Å². The summed E-state index contributed by atoms with van der Waals surface area (Å²) in [6.45, 7) is 22.0. The fraction of sp³-hybridized carbons (Fsp3) is 0.233. The zero-order valence-electron chi connectivity index (χ0n) is 29.5. The minimum atomic E-state index is -0.439. The lowest BCUT2D eigenvalue weighted by molar-refractivity contribution is -0.130. The van der Waals surface area contributed by atoms with Crippen molar-refractivity contribution in [3.63, 3.8) is 0 Å². The summed E-state index contributed by atoms with van der Waals surface area (Å²) in [6.07, 6.45) is 0. The van der Waals surface area contributed by atoms with Crippen LogP contribution < -0.4 is 18.9 Å². The summed E-state index contributed by atoms with van der Waals surface area (Å²) in [4.78, 5) is 12.1. The molecule has 0 radical (unpaired) electrons. The zero-order chi connectivity index (χ0) is 34.7. The van der Waals surface area contributed by atoms with Crippen LogP contribution in [0.2, 0.25) is 0 Å². The number of esters is 1. The Morgan fingerprint density at radius 2 is 0.917 bits per heavy atom. The number of carbonyl (C=O) groups is 1. The van der Waals surface area contributed by atoms with Gasteiger partial charge >= 0.3 is 5.97 Å². The van der Waals surface area contributed by atoms with Crippen LogP contribution >= 0.6 is 0 Å². The molecule has 0 fully saturated rings. The summed E-state index contributed by atoms with van der Waals surface area (Å²) in [5.41, 5.74) is 11.6. The molecular formula is C43H44O5. The van der Waals surface area contributed by atoms with Crippen molar-refractivity contribution >= 4 is 5.97 Å². The number of aryl methyl sites for hydroxylation is 8. The Hall–Kier alpha value is -5.29. The summed E-state index contributed by atoms with van der Waals surface area (Å²) in [5, 5.41) is 0. The Morgan fingerprint density at radius 1 is 0.542 bits per heavy atom. The average molecular weight is 641 g/mol. The molecule has 0 saturated heterocycles. The maximum atomic E-state index is 12.1. The molecule has 0 aliphatic carbocycles. The Bertz CT molecular complexity index is 1930. The fourth-order valence-electron chi connectivity index (χ4n) is 6.03. The maximum Gasteiger partial charge on any atom is 0.338 e. The van der Waals surface area contributed by atoms with E-state index in [1.54, 1.807) is 6.92 Å². The quantitative estimate of drug-likeness (QED) is 0.0864. The van der Waals surface area contributed by atoms with Crippen LogP contribution in [0.5, 0.6) is 34.5 Å². The minimum absolute atomic E-state index is 0.355. The normalized spacial score (nSPS) is 10.9. The van der Waals surface area contributed by atoms with Crippen LogP contribution in [0.25, 0.3) is 11.1 Å². The molecular weight excluding hydrogens is 596 g/mol. The molecule has 0 amide bonds. The molecule has 0 atom stereocenters. The Morgan fingerprint density at radius 3 is 1.31 bits per heavy atom. The van der Waals surface area contributed by atoms with E-state index in [9.17, 15) is 4.79 Å². The molecule has 0 unspecified atom stereocenters. The van der Waals surface area contributed by atoms with Crippen molar-refractivity contribution in [1.29, 1.82) is 0 Å². The summed E-state index contributed by atoms with van der Waals surface area (Å²) < 4.78 is 24.6. The minimum Gasteiger partial charge on any atom is -0.488 e. The van der Waals surface area contributed by atoms with E-state index in [-0.39, 0.29) is 0 Å². The number of ether oxygens (including phenoxy) is 4. The number of rotatable bonds is 10. The molecule has 0 N–H and O–H groups in total. The van der Waals surface area contributed by atoms with Crippen LogP contribution in [0.15, 0.2) is 91.0 Å². The van der Waals surface area contributed by atoms with E-state index in [0.29, 0.717) is 23.7 Å². The third kappa shape index (κ3) is 7.63. The SMILES string of the molecule is C=C(C)C(=O)Oc1c(C)cc(Oc2c(C)cc(-c3cc(C)c(Oc4cc(C)c(OCc5ccccc5)c(C)c4)c(C)c3)cc2C)cc1C. The van der Waals surface area contributed by atoms with Crippen LogP contribution in [0.3, 0.4) is 0 Å². The smallest absolute Gasteiger partial charge is 0.338 e. The predicted octanol–water partition coefficient (Wildman–Crippen LogP) is 11.5. The number of benzene rings is 5. The number of carbonyl (C=O) groups excluding carboxylic acids is 1. The van der Waals surface area contributed by atoms with Gasteiger partial charge in [-0.25, -0.2) is 4.79 Å². The monoisotopic (exact) mass is 640 g/mol. The van der Waals surface area contributed by atoms with Crippen LogP contribution in [0, 0.1) is 55.4 Å². The predicted molar refractivity (Wildman–Crippen MR) is 194 cm³/mol. The second kappa shape index (κ2) is 14.2. The lowest BCUT2D eigenvalue weighted by atomic mass is 9.96. The first-order valence-corrected chi connectivity index (χ1v) is 16.2. The number of hydrogen-bond donors (Lipinski definition) is 0. The molecule has 0 saturated carbocycles. The van der Waals surface area contributed by atoms with E-state index in [0.717, 1.165) is 84.2 Å². The molecule has 5 rings (SSSR count). The Kier molecular flexibility index (Phi) is 10.1. The number of hydrogen-bond acceptors (Lipinski definition) is 5. The summed E-state index contributed by atoms with van der Waals surface area (Å²) in [7, 11) is 0. The van der Waals surface area contributed by atoms with Crippen LogP contribution in [0.1, 0.15) is 57.0 Å². The molecule has 0 aromatic heterocycles. The summed E-state index contributed by atoms with van der Waals surface area (Å²) in [5.74, 6) is 4.12. The lowest BCUT2D eigenvalue weighted by Gasteiger charge is -2.19. The molecule has 0 spiro atoms. The van der Waals surface area contributed by atoms with E-state index >= 15 is 0 Å². The molecule has 5 aromatic carbocycles. The average Bonchev–Trinajstić information content (AvgIpc) is 3.02. The summed E-state index contributed by atoms with van der Waals surface area (Å²) in [6, 6.07) is 26.7. The molecule has 48 heavy (non-hydrogen) atoms. The first-order chi connectivity index (χ1) is 22.8. The largest absolute Gasteiger partial charge is 0.488 e. The third-order valence-electron chi connectivity index (χ3n) is 8.33. The molecule has 5 aromatic rings. The van der Waals surface area contributed by atoms with Crippen LogP contribution in [0.4, 0.5) is 0 Å². The van der Waals surface area contributed by atoms with Gasteiger partial charge in [-0.05, 0) is 172 Å². The van der Waals surface area contributed by atoms with Crippen molar-refractivity contribution in [2.45, 2.75) is 68.9 Å². The highest BCUT2D eigenvalue weighted by molar-refractivity contribution is 5.89. The van der Waals surface area contributed by atoms with Gasteiger partial charge in [0.2, 0.25) is 0 Å². The van der Waals surface area contributed by atoms with Gasteiger partial charge in [0, 0.05) is 5.57 Å². The highest BCUT2D eigenvalue weighted by Crippen LogP contribution is 2.39. The van der Waals surface area contributed by atoms with E-state index in [2.05, 4.69) is 84.5 Å². The van der Waals surface area contributed by atoms with E-state index < -0.39 is 5.97 Å². The Labute approximate surface area is 284 Å². The first-order valence-electron chi connectivity index (χ1n) is 16.2. The van der Waals surface area contributed by atoms with Gasteiger partial charge in [0.15, 0.2) is 0 Å². The molecule has 5 heteroatoms.